The van der Waals surface area contributed by atoms with Gasteiger partial charge in [-0.05, 0) is 31.5 Å². The smallest absolute Gasteiger partial charge is 0.251 e. The van der Waals surface area contributed by atoms with E-state index in [1.165, 1.54) is 0 Å². The first-order valence-corrected chi connectivity index (χ1v) is 7.62. The SMILES string of the molecule is CCNC(=NCc1ccc(C(=O)NC)cc1)NCCOCC. The number of hydrogen-bond donors (Lipinski definition) is 3. The van der Waals surface area contributed by atoms with Crippen LogP contribution in [0.5, 0.6) is 0 Å². The van der Waals surface area contributed by atoms with E-state index in [4.69, 9.17) is 4.74 Å². The van der Waals surface area contributed by atoms with Crippen LogP contribution in [-0.2, 0) is 11.3 Å². The van der Waals surface area contributed by atoms with Gasteiger partial charge in [-0.15, -0.1) is 0 Å². The van der Waals surface area contributed by atoms with Crippen LogP contribution in [0, 0.1) is 0 Å². The van der Waals surface area contributed by atoms with Crippen molar-refractivity contribution in [1.29, 1.82) is 0 Å². The summed E-state index contributed by atoms with van der Waals surface area (Å²) in [6, 6.07) is 7.44. The molecule has 0 spiro atoms. The van der Waals surface area contributed by atoms with Crippen molar-refractivity contribution in [2.45, 2.75) is 20.4 Å². The molecule has 1 rings (SSSR count). The molecule has 0 fully saturated rings. The molecule has 0 heterocycles. The largest absolute Gasteiger partial charge is 0.380 e. The van der Waals surface area contributed by atoms with Crippen molar-refractivity contribution in [2.24, 2.45) is 4.99 Å². The number of aliphatic imine (C=N–C) groups is 1. The number of carbonyl (C=O) groups excluding carboxylic acids is 1. The highest BCUT2D eigenvalue weighted by molar-refractivity contribution is 5.93. The maximum Gasteiger partial charge on any atom is 0.251 e. The van der Waals surface area contributed by atoms with Gasteiger partial charge in [0.15, 0.2) is 5.96 Å². The molecular formula is C16H26N4O2. The number of benzene rings is 1. The van der Waals surface area contributed by atoms with E-state index in [-0.39, 0.29) is 5.91 Å². The Kier molecular flexibility index (Phi) is 8.67. The molecule has 0 aromatic heterocycles. The zero-order valence-electron chi connectivity index (χ0n) is 13.6. The summed E-state index contributed by atoms with van der Waals surface area (Å²) in [7, 11) is 1.62. The first-order chi connectivity index (χ1) is 10.7. The molecule has 0 atom stereocenters. The number of carbonyl (C=O) groups is 1. The summed E-state index contributed by atoms with van der Waals surface area (Å²) in [5.74, 6) is 0.679. The Bertz CT molecular complexity index is 472. The van der Waals surface area contributed by atoms with Gasteiger partial charge in [-0.2, -0.15) is 0 Å². The molecule has 122 valence electrons. The van der Waals surface area contributed by atoms with Gasteiger partial charge in [-0.25, -0.2) is 4.99 Å². The van der Waals surface area contributed by atoms with E-state index >= 15 is 0 Å². The zero-order chi connectivity index (χ0) is 16.2. The fourth-order valence-electron chi connectivity index (χ4n) is 1.80. The standard InChI is InChI=1S/C16H26N4O2/c1-4-18-16(19-10-11-22-5-2)20-12-13-6-8-14(9-7-13)15(21)17-3/h6-9H,4-5,10-12H2,1-3H3,(H,17,21)(H2,18,19,20). The third-order valence-electron chi connectivity index (χ3n) is 2.95. The highest BCUT2D eigenvalue weighted by Crippen LogP contribution is 2.05. The van der Waals surface area contributed by atoms with Crippen molar-refractivity contribution in [2.75, 3.05) is 33.4 Å². The summed E-state index contributed by atoms with van der Waals surface area (Å²) in [6.07, 6.45) is 0. The van der Waals surface area contributed by atoms with Crippen molar-refractivity contribution in [3.8, 4) is 0 Å². The van der Waals surface area contributed by atoms with Crippen molar-refractivity contribution in [1.82, 2.24) is 16.0 Å². The number of hydrogen-bond acceptors (Lipinski definition) is 3. The highest BCUT2D eigenvalue weighted by Gasteiger charge is 2.02. The van der Waals surface area contributed by atoms with Crippen molar-refractivity contribution >= 4 is 11.9 Å². The predicted octanol–water partition coefficient (Wildman–Crippen LogP) is 1.14. The second-order valence-corrected chi connectivity index (χ2v) is 4.59. The predicted molar refractivity (Wildman–Crippen MR) is 89.1 cm³/mol. The lowest BCUT2D eigenvalue weighted by Gasteiger charge is -2.11. The third kappa shape index (κ3) is 6.58. The van der Waals surface area contributed by atoms with Crippen LogP contribution in [0.15, 0.2) is 29.3 Å². The summed E-state index contributed by atoms with van der Waals surface area (Å²) >= 11 is 0. The first kappa shape index (κ1) is 18.0. The molecule has 0 saturated carbocycles. The Morgan fingerprint density at radius 2 is 1.91 bits per heavy atom. The minimum absolute atomic E-state index is 0.0824. The van der Waals surface area contributed by atoms with Crippen LogP contribution in [0.3, 0.4) is 0 Å². The van der Waals surface area contributed by atoms with Gasteiger partial charge in [0, 0.05) is 32.3 Å². The highest BCUT2D eigenvalue weighted by atomic mass is 16.5. The van der Waals surface area contributed by atoms with E-state index in [0.29, 0.717) is 25.3 Å². The number of ether oxygens (including phenoxy) is 1. The van der Waals surface area contributed by atoms with E-state index in [0.717, 1.165) is 24.6 Å². The van der Waals surface area contributed by atoms with Crippen LogP contribution in [0.2, 0.25) is 0 Å². The van der Waals surface area contributed by atoms with E-state index < -0.39 is 0 Å². The van der Waals surface area contributed by atoms with Gasteiger partial charge >= 0.3 is 0 Å². The van der Waals surface area contributed by atoms with Crippen LogP contribution in [0.25, 0.3) is 0 Å². The molecule has 0 aliphatic heterocycles. The molecule has 1 aromatic carbocycles. The van der Waals surface area contributed by atoms with E-state index in [1.54, 1.807) is 19.2 Å². The van der Waals surface area contributed by atoms with Crippen LogP contribution < -0.4 is 16.0 Å². The Morgan fingerprint density at radius 3 is 2.50 bits per heavy atom. The fraction of sp³-hybridized carbons (Fsp3) is 0.500. The number of guanidine groups is 1. The fourth-order valence-corrected chi connectivity index (χ4v) is 1.80. The Balaban J connectivity index is 2.55. The Hall–Kier alpha value is -2.08. The van der Waals surface area contributed by atoms with Gasteiger partial charge in [-0.1, -0.05) is 12.1 Å². The van der Waals surface area contributed by atoms with Crippen LogP contribution in [-0.4, -0.2) is 45.2 Å². The zero-order valence-corrected chi connectivity index (χ0v) is 13.6. The van der Waals surface area contributed by atoms with E-state index in [1.807, 2.05) is 26.0 Å². The molecule has 0 radical (unpaired) electrons. The molecule has 22 heavy (non-hydrogen) atoms. The number of amides is 1. The molecule has 1 aromatic rings. The lowest BCUT2D eigenvalue weighted by molar-refractivity contribution is 0.0963. The van der Waals surface area contributed by atoms with Gasteiger partial charge in [-0.3, -0.25) is 4.79 Å². The minimum atomic E-state index is -0.0824. The maximum atomic E-state index is 11.5. The normalized spacial score (nSPS) is 11.1. The summed E-state index contributed by atoms with van der Waals surface area (Å²) in [4.78, 5) is 16.0. The van der Waals surface area contributed by atoms with Crippen molar-refractivity contribution in [3.63, 3.8) is 0 Å². The lowest BCUT2D eigenvalue weighted by Crippen LogP contribution is -2.39. The summed E-state index contributed by atoms with van der Waals surface area (Å²) in [5.41, 5.74) is 1.70. The lowest BCUT2D eigenvalue weighted by atomic mass is 10.1. The third-order valence-corrected chi connectivity index (χ3v) is 2.95. The average molecular weight is 306 g/mol. The van der Waals surface area contributed by atoms with E-state index in [2.05, 4.69) is 20.9 Å². The maximum absolute atomic E-state index is 11.5. The molecule has 6 nitrogen and oxygen atoms in total. The summed E-state index contributed by atoms with van der Waals surface area (Å²) < 4.78 is 5.29. The number of rotatable bonds is 8. The molecule has 0 unspecified atom stereocenters. The Labute approximate surface area is 132 Å². The topological polar surface area (TPSA) is 74.8 Å². The first-order valence-electron chi connectivity index (χ1n) is 7.62. The number of nitrogens with one attached hydrogen (secondary N) is 3. The molecule has 3 N–H and O–H groups in total. The monoisotopic (exact) mass is 306 g/mol. The second-order valence-electron chi connectivity index (χ2n) is 4.59. The molecule has 0 bridgehead atoms. The van der Waals surface area contributed by atoms with E-state index in [9.17, 15) is 4.79 Å². The molecular weight excluding hydrogens is 280 g/mol. The summed E-state index contributed by atoms with van der Waals surface area (Å²) in [5, 5.41) is 9.00. The molecule has 6 heteroatoms. The summed E-state index contributed by atoms with van der Waals surface area (Å²) in [6.45, 7) is 7.44. The van der Waals surface area contributed by atoms with Crippen LogP contribution in [0.1, 0.15) is 29.8 Å². The van der Waals surface area contributed by atoms with Crippen LogP contribution in [0.4, 0.5) is 0 Å². The van der Waals surface area contributed by atoms with Gasteiger partial charge in [0.1, 0.15) is 0 Å². The number of nitrogens with zero attached hydrogens (tertiary/aromatic N) is 1. The molecule has 0 aliphatic rings. The Morgan fingerprint density at radius 1 is 1.18 bits per heavy atom. The van der Waals surface area contributed by atoms with Gasteiger partial charge in [0.05, 0.1) is 13.2 Å². The van der Waals surface area contributed by atoms with Gasteiger partial charge < -0.3 is 20.7 Å². The molecule has 1 amide bonds. The quantitative estimate of drug-likeness (QED) is 0.382. The van der Waals surface area contributed by atoms with Gasteiger partial charge in [0.2, 0.25) is 0 Å². The van der Waals surface area contributed by atoms with Gasteiger partial charge in [0.25, 0.3) is 5.91 Å². The average Bonchev–Trinajstić information content (AvgIpc) is 2.56. The molecule has 0 saturated heterocycles. The second kappa shape index (κ2) is 10.6. The van der Waals surface area contributed by atoms with Crippen molar-refractivity contribution in [3.05, 3.63) is 35.4 Å². The van der Waals surface area contributed by atoms with Crippen molar-refractivity contribution < 1.29 is 9.53 Å². The van der Waals surface area contributed by atoms with Crippen LogP contribution >= 0.6 is 0 Å². The minimum Gasteiger partial charge on any atom is -0.380 e. The molecule has 0 aliphatic carbocycles.